The Morgan fingerprint density at radius 2 is 2.28 bits per heavy atom. The van der Waals surface area contributed by atoms with Crippen LogP contribution in [0.25, 0.3) is 0 Å². The lowest BCUT2D eigenvalue weighted by Crippen LogP contribution is -2.48. The zero-order chi connectivity index (χ0) is 13.0. The maximum absolute atomic E-state index is 3.72. The number of likely N-dealkylation sites (tertiary alicyclic amines) is 1. The molecule has 1 aliphatic heterocycles. The van der Waals surface area contributed by atoms with Crippen LogP contribution in [-0.2, 0) is 6.42 Å². The van der Waals surface area contributed by atoms with Crippen molar-refractivity contribution in [3.05, 3.63) is 22.4 Å². The second-order valence-corrected chi connectivity index (χ2v) is 7.14. The maximum atomic E-state index is 3.72. The summed E-state index contributed by atoms with van der Waals surface area (Å²) in [4.78, 5) is 4.03. The van der Waals surface area contributed by atoms with Crippen molar-refractivity contribution in [3.8, 4) is 0 Å². The van der Waals surface area contributed by atoms with Crippen LogP contribution in [0.4, 0.5) is 0 Å². The monoisotopic (exact) mass is 266 g/mol. The van der Waals surface area contributed by atoms with Crippen molar-refractivity contribution in [2.45, 2.75) is 32.7 Å². The largest absolute Gasteiger partial charge is 0.312 e. The van der Waals surface area contributed by atoms with Gasteiger partial charge in [-0.25, -0.2) is 0 Å². The first-order valence-electron chi connectivity index (χ1n) is 7.07. The molecule has 1 fully saturated rings. The minimum atomic E-state index is 0.677. The molecule has 2 atom stereocenters. The number of hydrogen-bond donors (Lipinski definition) is 1. The Kier molecular flexibility index (Phi) is 5.22. The van der Waals surface area contributed by atoms with Crippen molar-refractivity contribution in [1.29, 1.82) is 0 Å². The first kappa shape index (κ1) is 14.0. The zero-order valence-electron chi connectivity index (χ0n) is 11.9. The Morgan fingerprint density at radius 1 is 1.44 bits per heavy atom. The molecular formula is C15H26N2S. The van der Waals surface area contributed by atoms with Gasteiger partial charge in [0.05, 0.1) is 0 Å². The Labute approximate surface area is 115 Å². The van der Waals surface area contributed by atoms with E-state index in [4.69, 9.17) is 0 Å². The number of thiophene rings is 1. The van der Waals surface area contributed by atoms with E-state index >= 15 is 0 Å². The summed E-state index contributed by atoms with van der Waals surface area (Å²) in [6, 6.07) is 5.12. The molecular weight excluding hydrogens is 240 g/mol. The highest BCUT2D eigenvalue weighted by Gasteiger charge is 2.25. The van der Waals surface area contributed by atoms with Crippen LogP contribution in [0.5, 0.6) is 0 Å². The second kappa shape index (κ2) is 6.69. The van der Waals surface area contributed by atoms with Gasteiger partial charge in [-0.3, -0.25) is 0 Å². The predicted molar refractivity (Wildman–Crippen MR) is 80.3 cm³/mol. The molecule has 0 radical (unpaired) electrons. The third kappa shape index (κ3) is 4.38. The molecule has 0 aromatic carbocycles. The average molecular weight is 266 g/mol. The van der Waals surface area contributed by atoms with E-state index in [-0.39, 0.29) is 0 Å². The van der Waals surface area contributed by atoms with Gasteiger partial charge in [-0.1, -0.05) is 19.9 Å². The minimum Gasteiger partial charge on any atom is -0.312 e. The molecule has 18 heavy (non-hydrogen) atoms. The molecule has 0 spiro atoms. The van der Waals surface area contributed by atoms with Crippen molar-refractivity contribution in [1.82, 2.24) is 10.2 Å². The van der Waals surface area contributed by atoms with E-state index in [0.717, 1.165) is 18.4 Å². The summed E-state index contributed by atoms with van der Waals surface area (Å²) >= 11 is 1.90. The summed E-state index contributed by atoms with van der Waals surface area (Å²) in [7, 11) is 2.25. The van der Waals surface area contributed by atoms with Crippen LogP contribution in [0.1, 0.15) is 25.1 Å². The zero-order valence-corrected chi connectivity index (χ0v) is 12.7. The quantitative estimate of drug-likeness (QED) is 0.881. The summed E-state index contributed by atoms with van der Waals surface area (Å²) in [5.74, 6) is 1.56. The van der Waals surface area contributed by atoms with Crippen LogP contribution >= 0.6 is 11.3 Å². The molecule has 2 rings (SSSR count). The Balaban J connectivity index is 1.84. The van der Waals surface area contributed by atoms with Gasteiger partial charge >= 0.3 is 0 Å². The van der Waals surface area contributed by atoms with Gasteiger partial charge in [0.2, 0.25) is 0 Å². The summed E-state index contributed by atoms with van der Waals surface area (Å²) < 4.78 is 0. The lowest BCUT2D eigenvalue weighted by Gasteiger charge is -2.36. The van der Waals surface area contributed by atoms with Crippen molar-refractivity contribution in [3.63, 3.8) is 0 Å². The average Bonchev–Trinajstić information content (AvgIpc) is 2.78. The number of nitrogens with one attached hydrogen (secondary N) is 1. The highest BCUT2D eigenvalue weighted by molar-refractivity contribution is 7.09. The topological polar surface area (TPSA) is 15.3 Å². The number of piperidine rings is 1. The molecule has 1 N–H and O–H groups in total. The van der Waals surface area contributed by atoms with E-state index in [1.54, 1.807) is 0 Å². The van der Waals surface area contributed by atoms with Crippen molar-refractivity contribution in [2.75, 3.05) is 26.7 Å². The van der Waals surface area contributed by atoms with Gasteiger partial charge in [0, 0.05) is 24.0 Å². The van der Waals surface area contributed by atoms with Gasteiger partial charge in [-0.15, -0.1) is 11.3 Å². The molecule has 1 aromatic heterocycles. The van der Waals surface area contributed by atoms with Crippen molar-refractivity contribution >= 4 is 11.3 Å². The van der Waals surface area contributed by atoms with Gasteiger partial charge in [0.15, 0.2) is 0 Å². The molecule has 0 aliphatic carbocycles. The Bertz CT molecular complexity index is 334. The number of nitrogens with zero attached hydrogens (tertiary/aromatic N) is 1. The van der Waals surface area contributed by atoms with E-state index < -0.39 is 0 Å². The molecule has 0 bridgehead atoms. The SMILES string of the molecule is CC(C)CNC1CC(Cc2cccs2)CN(C)C1. The third-order valence-corrected chi connectivity index (χ3v) is 4.50. The highest BCUT2D eigenvalue weighted by atomic mass is 32.1. The Morgan fingerprint density at radius 3 is 2.94 bits per heavy atom. The first-order valence-corrected chi connectivity index (χ1v) is 7.95. The number of rotatable bonds is 5. The van der Waals surface area contributed by atoms with Crippen molar-refractivity contribution < 1.29 is 0 Å². The lowest BCUT2D eigenvalue weighted by molar-refractivity contribution is 0.167. The molecule has 2 heterocycles. The molecule has 1 aromatic rings. The number of likely N-dealkylation sites (N-methyl/N-ethyl adjacent to an activating group) is 1. The van der Waals surface area contributed by atoms with E-state index in [1.807, 2.05) is 11.3 Å². The Hall–Kier alpha value is -0.380. The third-order valence-electron chi connectivity index (χ3n) is 3.60. The smallest absolute Gasteiger partial charge is 0.0198 e. The fraction of sp³-hybridized carbons (Fsp3) is 0.733. The summed E-state index contributed by atoms with van der Waals surface area (Å²) in [5.41, 5.74) is 0. The summed E-state index contributed by atoms with van der Waals surface area (Å²) in [6.07, 6.45) is 2.58. The summed E-state index contributed by atoms with van der Waals surface area (Å²) in [6.45, 7) is 8.15. The lowest BCUT2D eigenvalue weighted by atomic mass is 9.91. The van der Waals surface area contributed by atoms with E-state index in [9.17, 15) is 0 Å². The van der Waals surface area contributed by atoms with Gasteiger partial charge in [-0.05, 0) is 49.7 Å². The van der Waals surface area contributed by atoms with Crippen molar-refractivity contribution in [2.24, 2.45) is 11.8 Å². The van der Waals surface area contributed by atoms with Crippen LogP contribution in [-0.4, -0.2) is 37.6 Å². The van der Waals surface area contributed by atoms with Crippen LogP contribution in [0.3, 0.4) is 0 Å². The fourth-order valence-corrected chi connectivity index (χ4v) is 3.68. The second-order valence-electron chi connectivity index (χ2n) is 6.11. The van der Waals surface area contributed by atoms with Gasteiger partial charge in [0.1, 0.15) is 0 Å². The van der Waals surface area contributed by atoms with Gasteiger partial charge < -0.3 is 10.2 Å². The molecule has 1 aliphatic rings. The summed E-state index contributed by atoms with van der Waals surface area (Å²) in [5, 5.41) is 5.91. The molecule has 3 heteroatoms. The van der Waals surface area contributed by atoms with Gasteiger partial charge in [-0.2, -0.15) is 0 Å². The highest BCUT2D eigenvalue weighted by Crippen LogP contribution is 2.22. The molecule has 0 amide bonds. The van der Waals surface area contributed by atoms with Crippen LogP contribution in [0.15, 0.2) is 17.5 Å². The molecule has 2 nitrogen and oxygen atoms in total. The first-order chi connectivity index (χ1) is 8.63. The molecule has 0 saturated carbocycles. The standard InChI is InChI=1S/C15H26N2S/c1-12(2)9-16-14-7-13(10-17(3)11-14)8-15-5-4-6-18-15/h4-6,12-14,16H,7-11H2,1-3H3. The maximum Gasteiger partial charge on any atom is 0.0198 e. The predicted octanol–water partition coefficient (Wildman–Crippen LogP) is 2.86. The van der Waals surface area contributed by atoms with E-state index in [1.165, 1.54) is 30.8 Å². The molecule has 1 saturated heterocycles. The van der Waals surface area contributed by atoms with Crippen LogP contribution in [0.2, 0.25) is 0 Å². The normalized spacial score (nSPS) is 25.8. The van der Waals surface area contributed by atoms with E-state index in [0.29, 0.717) is 6.04 Å². The fourth-order valence-electron chi connectivity index (χ4n) is 2.85. The molecule has 102 valence electrons. The molecule has 2 unspecified atom stereocenters. The van der Waals surface area contributed by atoms with Crippen LogP contribution in [0, 0.1) is 11.8 Å². The van der Waals surface area contributed by atoms with Gasteiger partial charge in [0.25, 0.3) is 0 Å². The number of hydrogen-bond acceptors (Lipinski definition) is 3. The minimum absolute atomic E-state index is 0.677. The van der Waals surface area contributed by atoms with E-state index in [2.05, 4.69) is 48.6 Å². The van der Waals surface area contributed by atoms with Crippen LogP contribution < -0.4 is 5.32 Å².